The van der Waals surface area contributed by atoms with Crippen molar-refractivity contribution in [1.82, 2.24) is 4.98 Å². The second-order valence-corrected chi connectivity index (χ2v) is 8.97. The summed E-state index contributed by atoms with van der Waals surface area (Å²) in [5.41, 5.74) is 4.53. The van der Waals surface area contributed by atoms with E-state index in [1.54, 1.807) is 17.4 Å². The molecule has 5 rings (SSSR count). The highest BCUT2D eigenvalue weighted by molar-refractivity contribution is 9.10. The maximum Gasteiger partial charge on any atom is 0.345 e. The SMILES string of the molecule is Cc1ccc(-c2sc(-c3ccccc3)nc2-c2cc3cc(Br)ccc3oc2=O)cc1. The zero-order valence-corrected chi connectivity index (χ0v) is 18.5. The average Bonchev–Trinajstić information content (AvgIpc) is 3.20. The lowest BCUT2D eigenvalue weighted by Crippen LogP contribution is -2.03. The van der Waals surface area contributed by atoms with E-state index in [0.717, 1.165) is 30.9 Å². The molecule has 0 N–H and O–H groups in total. The van der Waals surface area contributed by atoms with Crippen LogP contribution in [0.15, 0.2) is 92.5 Å². The zero-order chi connectivity index (χ0) is 20.7. The van der Waals surface area contributed by atoms with E-state index in [1.807, 2.05) is 48.5 Å². The first-order valence-corrected chi connectivity index (χ1v) is 11.1. The summed E-state index contributed by atoms with van der Waals surface area (Å²) < 4.78 is 6.54. The largest absolute Gasteiger partial charge is 0.422 e. The van der Waals surface area contributed by atoms with Gasteiger partial charge in [-0.3, -0.25) is 0 Å². The molecule has 3 aromatic carbocycles. The van der Waals surface area contributed by atoms with Crippen LogP contribution in [0.2, 0.25) is 0 Å². The van der Waals surface area contributed by atoms with Crippen molar-refractivity contribution in [3.05, 3.63) is 99.3 Å². The van der Waals surface area contributed by atoms with Crippen LogP contribution in [0, 0.1) is 6.92 Å². The van der Waals surface area contributed by atoms with Crippen molar-refractivity contribution >= 4 is 38.2 Å². The highest BCUT2D eigenvalue weighted by atomic mass is 79.9. The van der Waals surface area contributed by atoms with Crippen LogP contribution in [0.25, 0.3) is 43.2 Å². The predicted molar refractivity (Wildman–Crippen MR) is 127 cm³/mol. The lowest BCUT2D eigenvalue weighted by molar-refractivity contribution is 0.563. The van der Waals surface area contributed by atoms with Crippen molar-refractivity contribution in [2.24, 2.45) is 0 Å². The van der Waals surface area contributed by atoms with Crippen LogP contribution in [-0.2, 0) is 0 Å². The first-order valence-electron chi connectivity index (χ1n) is 9.45. The first-order chi connectivity index (χ1) is 14.6. The van der Waals surface area contributed by atoms with Gasteiger partial charge >= 0.3 is 5.63 Å². The molecule has 0 unspecified atom stereocenters. The Kier molecular flexibility index (Phi) is 4.85. The molecule has 5 heteroatoms. The van der Waals surface area contributed by atoms with Crippen LogP contribution < -0.4 is 5.63 Å². The predicted octanol–water partition coefficient (Wildman–Crippen LogP) is 7.32. The number of nitrogens with zero attached hydrogens (tertiary/aromatic N) is 1. The van der Waals surface area contributed by atoms with Gasteiger partial charge in [0.15, 0.2) is 0 Å². The van der Waals surface area contributed by atoms with Crippen LogP contribution in [0.3, 0.4) is 0 Å². The second-order valence-electron chi connectivity index (χ2n) is 7.06. The molecular weight excluding hydrogens is 458 g/mol. The van der Waals surface area contributed by atoms with E-state index in [0.29, 0.717) is 16.8 Å². The minimum absolute atomic E-state index is 0.386. The van der Waals surface area contributed by atoms with Crippen LogP contribution in [0.1, 0.15) is 5.56 Å². The van der Waals surface area contributed by atoms with Gasteiger partial charge < -0.3 is 4.42 Å². The minimum atomic E-state index is -0.386. The van der Waals surface area contributed by atoms with Crippen molar-refractivity contribution < 1.29 is 4.42 Å². The first kappa shape index (κ1) is 19.0. The molecule has 2 heterocycles. The molecule has 0 aliphatic carbocycles. The van der Waals surface area contributed by atoms with Crippen LogP contribution >= 0.6 is 27.3 Å². The van der Waals surface area contributed by atoms with Crippen molar-refractivity contribution in [3.63, 3.8) is 0 Å². The van der Waals surface area contributed by atoms with Crippen molar-refractivity contribution in [2.75, 3.05) is 0 Å². The number of halogens is 1. The molecular formula is C25H16BrNO2S. The number of hydrogen-bond acceptors (Lipinski definition) is 4. The Morgan fingerprint density at radius 2 is 1.67 bits per heavy atom. The van der Waals surface area contributed by atoms with Gasteiger partial charge in [0.05, 0.1) is 16.1 Å². The molecule has 0 saturated heterocycles. The van der Waals surface area contributed by atoms with Gasteiger partial charge in [-0.1, -0.05) is 76.1 Å². The molecule has 0 fully saturated rings. The molecule has 0 aliphatic rings. The standard InChI is InChI=1S/C25H16BrNO2S/c1-15-7-9-16(10-8-15)23-22(27-24(30-23)17-5-3-2-4-6-17)20-14-18-13-19(26)11-12-21(18)29-25(20)28/h2-14H,1H3. The van der Waals surface area contributed by atoms with Gasteiger partial charge in [0.2, 0.25) is 0 Å². The minimum Gasteiger partial charge on any atom is -0.422 e. The molecule has 0 amide bonds. The Bertz CT molecular complexity index is 1420. The van der Waals surface area contributed by atoms with Gasteiger partial charge in [-0.25, -0.2) is 9.78 Å². The summed E-state index contributed by atoms with van der Waals surface area (Å²) in [4.78, 5) is 18.7. The fourth-order valence-electron chi connectivity index (χ4n) is 3.37. The number of thiazole rings is 1. The summed E-state index contributed by atoms with van der Waals surface area (Å²) in [5, 5.41) is 1.72. The van der Waals surface area contributed by atoms with Gasteiger partial charge in [-0.2, -0.15) is 0 Å². The molecule has 3 nitrogen and oxygen atoms in total. The number of rotatable bonds is 3. The molecule has 0 atom stereocenters. The fourth-order valence-corrected chi connectivity index (χ4v) is 4.84. The zero-order valence-electron chi connectivity index (χ0n) is 16.1. The van der Waals surface area contributed by atoms with E-state index in [1.165, 1.54) is 5.56 Å². The lowest BCUT2D eigenvalue weighted by atomic mass is 10.1. The fraction of sp³-hybridized carbons (Fsp3) is 0.0400. The molecule has 0 bridgehead atoms. The van der Waals surface area contributed by atoms with Crippen LogP contribution in [-0.4, -0.2) is 4.98 Å². The monoisotopic (exact) mass is 473 g/mol. The summed E-state index contributed by atoms with van der Waals surface area (Å²) in [7, 11) is 0. The highest BCUT2D eigenvalue weighted by Gasteiger charge is 2.20. The summed E-state index contributed by atoms with van der Waals surface area (Å²) >= 11 is 5.07. The van der Waals surface area contributed by atoms with Crippen molar-refractivity contribution in [3.8, 4) is 32.3 Å². The van der Waals surface area contributed by atoms with Gasteiger partial charge in [-0.15, -0.1) is 11.3 Å². The lowest BCUT2D eigenvalue weighted by Gasteiger charge is -2.04. The Hall–Kier alpha value is -3.02. The van der Waals surface area contributed by atoms with Gasteiger partial charge in [0.1, 0.15) is 10.6 Å². The van der Waals surface area contributed by atoms with Crippen molar-refractivity contribution in [2.45, 2.75) is 6.92 Å². The van der Waals surface area contributed by atoms with Crippen LogP contribution in [0.4, 0.5) is 0 Å². The van der Waals surface area contributed by atoms with Gasteiger partial charge in [-0.05, 0) is 36.8 Å². The summed E-state index contributed by atoms with van der Waals surface area (Å²) in [6.07, 6.45) is 0. The molecule has 146 valence electrons. The molecule has 0 radical (unpaired) electrons. The topological polar surface area (TPSA) is 43.1 Å². The molecule has 30 heavy (non-hydrogen) atoms. The molecule has 0 spiro atoms. The number of benzene rings is 3. The van der Waals surface area contributed by atoms with E-state index in [4.69, 9.17) is 9.40 Å². The van der Waals surface area contributed by atoms with Crippen LogP contribution in [0.5, 0.6) is 0 Å². The Balaban J connectivity index is 1.77. The average molecular weight is 474 g/mol. The van der Waals surface area contributed by atoms with E-state index in [9.17, 15) is 4.79 Å². The highest BCUT2D eigenvalue weighted by Crippen LogP contribution is 2.40. The van der Waals surface area contributed by atoms with Crippen molar-refractivity contribution in [1.29, 1.82) is 0 Å². The normalized spacial score (nSPS) is 11.1. The smallest absolute Gasteiger partial charge is 0.345 e. The summed E-state index contributed by atoms with van der Waals surface area (Å²) in [6.45, 7) is 2.06. The number of fused-ring (bicyclic) bond motifs is 1. The Morgan fingerprint density at radius 3 is 2.43 bits per heavy atom. The maximum atomic E-state index is 12.9. The molecule has 0 aliphatic heterocycles. The molecule has 2 aromatic heterocycles. The molecule has 5 aromatic rings. The van der Waals surface area contributed by atoms with Gasteiger partial charge in [0.25, 0.3) is 0 Å². The van der Waals surface area contributed by atoms with E-state index < -0.39 is 0 Å². The van der Waals surface area contributed by atoms with E-state index in [2.05, 4.69) is 47.1 Å². The molecule has 0 saturated carbocycles. The number of hydrogen-bond donors (Lipinski definition) is 0. The second kappa shape index (κ2) is 7.67. The maximum absolute atomic E-state index is 12.9. The van der Waals surface area contributed by atoms with Gasteiger partial charge in [0, 0.05) is 15.4 Å². The van der Waals surface area contributed by atoms with E-state index in [-0.39, 0.29) is 5.63 Å². The summed E-state index contributed by atoms with van der Waals surface area (Å²) in [5.74, 6) is 0. The third-order valence-electron chi connectivity index (χ3n) is 4.91. The number of aryl methyl sites for hydroxylation is 1. The third kappa shape index (κ3) is 3.51. The Labute approximate surface area is 185 Å². The number of aromatic nitrogens is 1. The summed E-state index contributed by atoms with van der Waals surface area (Å²) in [6, 6.07) is 25.8. The van der Waals surface area contributed by atoms with E-state index >= 15 is 0 Å². The third-order valence-corrected chi connectivity index (χ3v) is 6.56. The quantitative estimate of drug-likeness (QED) is 0.257. The Morgan fingerprint density at radius 1 is 0.900 bits per heavy atom.